The number of alkyl carbamates (subject to hydrolysis) is 1. The maximum absolute atomic E-state index is 11.6. The lowest BCUT2D eigenvalue weighted by atomic mass is 10.0. The molecule has 0 fully saturated rings. The number of nitrogens with one attached hydrogen (secondary N) is 1. The van der Waals surface area contributed by atoms with Crippen molar-refractivity contribution in [1.29, 1.82) is 0 Å². The molecule has 0 aromatic heterocycles. The van der Waals surface area contributed by atoms with Gasteiger partial charge in [-0.15, -0.1) is 0 Å². The molecular weight excluding hydrogens is 270 g/mol. The van der Waals surface area contributed by atoms with Crippen LogP contribution in [0, 0.1) is 5.92 Å². The fraction of sp³-hybridized carbons (Fsp3) is 0.917. The number of hydrogen-bond donors (Lipinski definition) is 1. The van der Waals surface area contributed by atoms with E-state index >= 15 is 0 Å². The van der Waals surface area contributed by atoms with Crippen LogP contribution in [0.25, 0.3) is 0 Å². The summed E-state index contributed by atoms with van der Waals surface area (Å²) in [6, 6.07) is -0.399. The van der Waals surface area contributed by atoms with Gasteiger partial charge in [-0.05, 0) is 33.1 Å². The van der Waals surface area contributed by atoms with E-state index in [9.17, 15) is 13.2 Å². The lowest BCUT2D eigenvalue weighted by molar-refractivity contribution is 0.0481. The molecule has 0 spiro atoms. The molecule has 0 heterocycles. The van der Waals surface area contributed by atoms with Crippen LogP contribution in [0.3, 0.4) is 0 Å². The first kappa shape index (κ1) is 18.2. The Bertz CT molecular complexity index is 383. The second-order valence-electron chi connectivity index (χ2n) is 5.96. The van der Waals surface area contributed by atoms with E-state index in [1.54, 1.807) is 20.8 Å². The zero-order valence-corrected chi connectivity index (χ0v) is 13.3. The summed E-state index contributed by atoms with van der Waals surface area (Å²) in [4.78, 5) is 11.6. The highest BCUT2D eigenvalue weighted by Crippen LogP contribution is 2.10. The SMILES string of the molecule is CC(C)CC(COS(C)(=O)=O)NC(=O)OC(C)(C)C. The Hall–Kier alpha value is -0.820. The van der Waals surface area contributed by atoms with Crippen LogP contribution in [-0.4, -0.2) is 39.0 Å². The monoisotopic (exact) mass is 295 g/mol. The van der Waals surface area contributed by atoms with Crippen LogP contribution in [0.4, 0.5) is 4.79 Å². The molecule has 0 aromatic rings. The summed E-state index contributed by atoms with van der Waals surface area (Å²) in [5.41, 5.74) is -0.593. The maximum Gasteiger partial charge on any atom is 0.407 e. The molecule has 114 valence electrons. The number of carbonyl (C=O) groups excluding carboxylic acids is 1. The van der Waals surface area contributed by atoms with E-state index in [0.29, 0.717) is 12.3 Å². The third-order valence-corrected chi connectivity index (χ3v) is 2.52. The minimum Gasteiger partial charge on any atom is -0.444 e. The van der Waals surface area contributed by atoms with E-state index in [4.69, 9.17) is 8.92 Å². The number of ether oxygens (including phenoxy) is 1. The Labute approximate surface area is 116 Å². The summed E-state index contributed by atoms with van der Waals surface area (Å²) in [7, 11) is -3.52. The van der Waals surface area contributed by atoms with Crippen LogP contribution in [0.1, 0.15) is 41.0 Å². The quantitative estimate of drug-likeness (QED) is 0.757. The van der Waals surface area contributed by atoms with Gasteiger partial charge < -0.3 is 10.1 Å². The van der Waals surface area contributed by atoms with Gasteiger partial charge >= 0.3 is 6.09 Å². The fourth-order valence-electron chi connectivity index (χ4n) is 1.42. The van der Waals surface area contributed by atoms with Gasteiger partial charge in [0.25, 0.3) is 10.1 Å². The van der Waals surface area contributed by atoms with Crippen molar-refractivity contribution < 1.29 is 22.1 Å². The van der Waals surface area contributed by atoms with Gasteiger partial charge in [0, 0.05) is 0 Å². The zero-order valence-electron chi connectivity index (χ0n) is 12.5. The largest absolute Gasteiger partial charge is 0.444 e. The lowest BCUT2D eigenvalue weighted by Gasteiger charge is -2.24. The van der Waals surface area contributed by atoms with Gasteiger partial charge in [0.05, 0.1) is 18.9 Å². The highest BCUT2D eigenvalue weighted by Gasteiger charge is 2.21. The van der Waals surface area contributed by atoms with E-state index in [-0.39, 0.29) is 6.61 Å². The molecule has 6 nitrogen and oxygen atoms in total. The first-order chi connectivity index (χ1) is 8.39. The highest BCUT2D eigenvalue weighted by molar-refractivity contribution is 7.85. The van der Waals surface area contributed by atoms with Gasteiger partial charge in [0.2, 0.25) is 0 Å². The van der Waals surface area contributed by atoms with Crippen LogP contribution in [0.2, 0.25) is 0 Å². The van der Waals surface area contributed by atoms with E-state index in [0.717, 1.165) is 6.26 Å². The molecule has 1 amide bonds. The van der Waals surface area contributed by atoms with Crippen molar-refractivity contribution in [2.75, 3.05) is 12.9 Å². The Morgan fingerprint density at radius 2 is 1.79 bits per heavy atom. The first-order valence-electron chi connectivity index (χ1n) is 6.23. The molecular formula is C12H25NO5S. The van der Waals surface area contributed by atoms with E-state index < -0.39 is 27.9 Å². The molecule has 0 saturated heterocycles. The minimum atomic E-state index is -3.52. The lowest BCUT2D eigenvalue weighted by Crippen LogP contribution is -2.42. The van der Waals surface area contributed by atoms with Gasteiger partial charge in [0.1, 0.15) is 5.60 Å². The molecule has 0 aliphatic carbocycles. The molecule has 1 atom stereocenters. The van der Waals surface area contributed by atoms with Crippen LogP contribution in [-0.2, 0) is 19.0 Å². The summed E-state index contributed by atoms with van der Waals surface area (Å²) in [6.07, 6.45) is 1.01. The Kier molecular flexibility index (Phi) is 6.79. The Morgan fingerprint density at radius 1 is 1.26 bits per heavy atom. The molecule has 7 heteroatoms. The number of hydrogen-bond acceptors (Lipinski definition) is 5. The standard InChI is InChI=1S/C12H25NO5S/c1-9(2)7-10(8-17-19(6,15)16)13-11(14)18-12(3,4)5/h9-10H,7-8H2,1-6H3,(H,13,14). The third-order valence-electron chi connectivity index (χ3n) is 1.96. The summed E-state index contributed by atoms with van der Waals surface area (Å²) < 4.78 is 31.8. The molecule has 0 aliphatic heterocycles. The molecule has 19 heavy (non-hydrogen) atoms. The summed E-state index contributed by atoms with van der Waals surface area (Å²) >= 11 is 0. The molecule has 0 radical (unpaired) electrons. The van der Waals surface area contributed by atoms with Crippen molar-refractivity contribution in [3.63, 3.8) is 0 Å². The smallest absolute Gasteiger partial charge is 0.407 e. The predicted molar refractivity (Wildman–Crippen MR) is 73.4 cm³/mol. The normalized spacial score (nSPS) is 14.3. The highest BCUT2D eigenvalue weighted by atomic mass is 32.2. The van der Waals surface area contributed by atoms with Gasteiger partial charge in [-0.2, -0.15) is 8.42 Å². The average molecular weight is 295 g/mol. The Balaban J connectivity index is 4.47. The second-order valence-corrected chi connectivity index (χ2v) is 7.61. The van der Waals surface area contributed by atoms with Crippen LogP contribution >= 0.6 is 0 Å². The van der Waals surface area contributed by atoms with Crippen molar-refractivity contribution in [3.8, 4) is 0 Å². The van der Waals surface area contributed by atoms with Gasteiger partial charge in [-0.3, -0.25) is 4.18 Å². The molecule has 0 aromatic carbocycles. The molecule has 1 N–H and O–H groups in total. The van der Waals surface area contributed by atoms with Crippen molar-refractivity contribution >= 4 is 16.2 Å². The van der Waals surface area contributed by atoms with Crippen LogP contribution in [0.15, 0.2) is 0 Å². The minimum absolute atomic E-state index is 0.0870. The fourth-order valence-corrected chi connectivity index (χ4v) is 1.83. The van der Waals surface area contributed by atoms with Crippen molar-refractivity contribution in [2.24, 2.45) is 5.92 Å². The number of carbonyl (C=O) groups is 1. The maximum atomic E-state index is 11.6. The second kappa shape index (κ2) is 7.09. The summed E-state index contributed by atoms with van der Waals surface area (Å²) in [5.74, 6) is 0.295. The first-order valence-corrected chi connectivity index (χ1v) is 8.04. The molecule has 1 unspecified atom stereocenters. The third kappa shape index (κ3) is 12.0. The van der Waals surface area contributed by atoms with Crippen molar-refractivity contribution in [3.05, 3.63) is 0 Å². The van der Waals surface area contributed by atoms with E-state index in [2.05, 4.69) is 5.32 Å². The summed E-state index contributed by atoms with van der Waals surface area (Å²) in [6.45, 7) is 9.15. The van der Waals surface area contributed by atoms with E-state index in [1.165, 1.54) is 0 Å². The summed E-state index contributed by atoms with van der Waals surface area (Å²) in [5, 5.41) is 2.63. The van der Waals surface area contributed by atoms with Gasteiger partial charge in [-0.25, -0.2) is 4.79 Å². The predicted octanol–water partition coefficient (Wildman–Crippen LogP) is 1.90. The molecule has 0 aliphatic rings. The van der Waals surface area contributed by atoms with Crippen LogP contribution < -0.4 is 5.32 Å². The molecule has 0 rings (SSSR count). The Morgan fingerprint density at radius 3 is 2.16 bits per heavy atom. The van der Waals surface area contributed by atoms with E-state index in [1.807, 2.05) is 13.8 Å². The number of amides is 1. The topological polar surface area (TPSA) is 81.7 Å². The molecule has 0 saturated carbocycles. The average Bonchev–Trinajstić information content (AvgIpc) is 2.08. The van der Waals surface area contributed by atoms with Crippen LogP contribution in [0.5, 0.6) is 0 Å². The van der Waals surface area contributed by atoms with Gasteiger partial charge in [-0.1, -0.05) is 13.8 Å². The molecule has 0 bridgehead atoms. The van der Waals surface area contributed by atoms with Gasteiger partial charge in [0.15, 0.2) is 0 Å². The van der Waals surface area contributed by atoms with Crippen molar-refractivity contribution in [1.82, 2.24) is 5.32 Å². The number of rotatable bonds is 6. The van der Waals surface area contributed by atoms with Crippen molar-refractivity contribution in [2.45, 2.75) is 52.7 Å². The zero-order chi connectivity index (χ0) is 15.3.